The zero-order valence-electron chi connectivity index (χ0n) is 16.4. The molecule has 2 aromatic carbocycles. The summed E-state index contributed by atoms with van der Waals surface area (Å²) < 4.78 is 0. The highest BCUT2D eigenvalue weighted by Gasteiger charge is 2.21. The summed E-state index contributed by atoms with van der Waals surface area (Å²) in [5, 5.41) is 8.53. The molecular formula is C26H29N. The Hall–Kier alpha value is -2.51. The molecule has 0 atom stereocenters. The maximum Gasteiger partial charge on any atom is 0.152 e. The van der Waals surface area contributed by atoms with Gasteiger partial charge < -0.3 is 0 Å². The predicted molar refractivity (Wildman–Crippen MR) is 113 cm³/mol. The number of unbranched alkanes of at least 4 members (excludes halogenated alkanes) is 2. The summed E-state index contributed by atoms with van der Waals surface area (Å²) in [6.07, 6.45) is 11.1. The highest BCUT2D eigenvalue weighted by Crippen LogP contribution is 2.38. The third kappa shape index (κ3) is 5.48. The van der Waals surface area contributed by atoms with E-state index in [9.17, 15) is 0 Å². The normalized spacial score (nSPS) is 19.0. The molecule has 0 spiro atoms. The molecule has 0 bridgehead atoms. The minimum absolute atomic E-state index is 0.741. The summed E-state index contributed by atoms with van der Waals surface area (Å²) in [6, 6.07) is 19.1. The molecule has 1 aliphatic rings. The van der Waals surface area contributed by atoms with Gasteiger partial charge in [-0.3, -0.25) is 0 Å². The van der Waals surface area contributed by atoms with Crippen LogP contribution in [0.5, 0.6) is 0 Å². The fourth-order valence-corrected chi connectivity index (χ4v) is 4.26. The lowest BCUT2D eigenvalue weighted by molar-refractivity contribution is 0.303. The van der Waals surface area contributed by atoms with Crippen molar-refractivity contribution in [2.45, 2.75) is 64.2 Å². The van der Waals surface area contributed by atoms with Crippen LogP contribution in [0.3, 0.4) is 0 Å². The molecule has 3 rings (SSSR count). The fraction of sp³-hybridized carbons (Fsp3) is 0.423. The molecule has 0 amide bonds. The minimum atomic E-state index is 0.741. The van der Waals surface area contributed by atoms with Gasteiger partial charge in [0, 0.05) is 11.5 Å². The van der Waals surface area contributed by atoms with Crippen LogP contribution in [0.4, 0.5) is 0 Å². The van der Waals surface area contributed by atoms with Gasteiger partial charge in [-0.05, 0) is 66.3 Å². The Morgan fingerprint density at radius 2 is 1.48 bits per heavy atom. The maximum atomic E-state index is 8.53. The van der Waals surface area contributed by atoms with E-state index >= 15 is 0 Å². The highest BCUT2D eigenvalue weighted by molar-refractivity contribution is 5.64. The topological polar surface area (TPSA) is 23.8 Å². The van der Waals surface area contributed by atoms with Crippen molar-refractivity contribution < 1.29 is 0 Å². The third-order valence-corrected chi connectivity index (χ3v) is 5.93. The van der Waals surface area contributed by atoms with E-state index in [-0.39, 0.29) is 0 Å². The first-order valence-electron chi connectivity index (χ1n) is 10.4. The Labute approximate surface area is 164 Å². The molecule has 0 heterocycles. The quantitative estimate of drug-likeness (QED) is 0.401. The van der Waals surface area contributed by atoms with Gasteiger partial charge in [0.25, 0.3) is 0 Å². The highest BCUT2D eigenvalue weighted by atomic mass is 14.3. The first-order valence-corrected chi connectivity index (χ1v) is 10.4. The van der Waals surface area contributed by atoms with E-state index in [1.807, 2.05) is 18.2 Å². The number of rotatable bonds is 6. The molecule has 1 fully saturated rings. The van der Waals surface area contributed by atoms with E-state index < -0.39 is 0 Å². The van der Waals surface area contributed by atoms with Crippen LogP contribution in [-0.2, 0) is 0 Å². The summed E-state index contributed by atoms with van der Waals surface area (Å²) in [6.45, 7) is 2.29. The second-order valence-corrected chi connectivity index (χ2v) is 7.77. The lowest BCUT2D eigenvalue weighted by atomic mass is 9.77. The van der Waals surface area contributed by atoms with Crippen LogP contribution in [0.1, 0.15) is 75.3 Å². The number of benzene rings is 2. The molecule has 1 aliphatic carbocycles. The number of nitriles is 1. The van der Waals surface area contributed by atoms with Gasteiger partial charge in [-0.2, -0.15) is 5.26 Å². The molecule has 0 aromatic heterocycles. The standard InChI is InChI=1S/C26H29N/c1-2-3-4-6-21-8-12-23(13-9-21)25-16-18-26(19-17-25)24-14-10-22(11-15-24)7-5-20-27/h10-11,14-19,21,23H,2-4,6,8-9,12-13H2,1H3/t21-,23-. The van der Waals surface area contributed by atoms with E-state index in [1.54, 1.807) is 0 Å². The van der Waals surface area contributed by atoms with Crippen LogP contribution in [0.15, 0.2) is 48.5 Å². The molecule has 1 saturated carbocycles. The van der Waals surface area contributed by atoms with Crippen molar-refractivity contribution in [1.82, 2.24) is 0 Å². The van der Waals surface area contributed by atoms with Crippen molar-refractivity contribution in [3.63, 3.8) is 0 Å². The van der Waals surface area contributed by atoms with Gasteiger partial charge in [-0.15, -0.1) is 0 Å². The smallest absolute Gasteiger partial charge is 0.152 e. The van der Waals surface area contributed by atoms with Crippen LogP contribution in [-0.4, -0.2) is 0 Å². The van der Waals surface area contributed by atoms with E-state index in [0.29, 0.717) is 0 Å². The summed E-state index contributed by atoms with van der Waals surface area (Å²) >= 11 is 0. The van der Waals surface area contributed by atoms with Crippen molar-refractivity contribution in [2.75, 3.05) is 0 Å². The lowest BCUT2D eigenvalue weighted by Gasteiger charge is -2.29. The average Bonchev–Trinajstić information content (AvgIpc) is 2.73. The SMILES string of the molecule is CCCCC[C@H]1CC[C@H](c2ccc(-c3ccc(C#CC#N)cc3)cc2)CC1. The summed E-state index contributed by atoms with van der Waals surface area (Å²) in [5.74, 6) is 6.98. The Bertz CT molecular complexity index is 804. The van der Waals surface area contributed by atoms with Gasteiger partial charge in [-0.1, -0.05) is 74.9 Å². The zero-order valence-corrected chi connectivity index (χ0v) is 16.4. The predicted octanol–water partition coefficient (Wildman–Crippen LogP) is 7.08. The average molecular weight is 356 g/mol. The Balaban J connectivity index is 1.57. The largest absolute Gasteiger partial charge is 0.183 e. The number of nitrogens with zero attached hydrogens (tertiary/aromatic N) is 1. The summed E-state index contributed by atoms with van der Waals surface area (Å²) in [5.41, 5.74) is 4.82. The molecule has 27 heavy (non-hydrogen) atoms. The first-order chi connectivity index (χ1) is 13.3. The number of hydrogen-bond donors (Lipinski definition) is 0. The van der Waals surface area contributed by atoms with Gasteiger partial charge in [0.05, 0.1) is 0 Å². The van der Waals surface area contributed by atoms with Crippen molar-refractivity contribution in [2.24, 2.45) is 5.92 Å². The Kier molecular flexibility index (Phi) is 7.12. The van der Waals surface area contributed by atoms with Crippen molar-refractivity contribution in [3.05, 3.63) is 59.7 Å². The third-order valence-electron chi connectivity index (χ3n) is 5.93. The minimum Gasteiger partial charge on any atom is -0.183 e. The Morgan fingerprint density at radius 1 is 0.852 bits per heavy atom. The maximum absolute atomic E-state index is 8.53. The lowest BCUT2D eigenvalue weighted by Crippen LogP contribution is -2.13. The van der Waals surface area contributed by atoms with Gasteiger partial charge in [-0.25, -0.2) is 0 Å². The van der Waals surface area contributed by atoms with E-state index in [2.05, 4.69) is 55.2 Å². The molecule has 1 heteroatoms. The molecule has 0 N–H and O–H groups in total. The summed E-state index contributed by atoms with van der Waals surface area (Å²) in [7, 11) is 0. The van der Waals surface area contributed by atoms with Crippen molar-refractivity contribution in [1.29, 1.82) is 5.26 Å². The monoisotopic (exact) mass is 355 g/mol. The molecule has 0 saturated heterocycles. The zero-order chi connectivity index (χ0) is 18.9. The molecule has 0 unspecified atom stereocenters. The molecule has 0 radical (unpaired) electrons. The Morgan fingerprint density at radius 3 is 2.07 bits per heavy atom. The van der Waals surface area contributed by atoms with Gasteiger partial charge in [0.2, 0.25) is 0 Å². The van der Waals surface area contributed by atoms with E-state index in [1.165, 1.54) is 68.1 Å². The second kappa shape index (κ2) is 9.99. The molecule has 0 aliphatic heterocycles. The van der Waals surface area contributed by atoms with Crippen LogP contribution in [0.2, 0.25) is 0 Å². The van der Waals surface area contributed by atoms with Crippen LogP contribution in [0, 0.1) is 29.1 Å². The van der Waals surface area contributed by atoms with Gasteiger partial charge in [0.15, 0.2) is 6.07 Å². The van der Waals surface area contributed by atoms with E-state index in [4.69, 9.17) is 5.26 Å². The second-order valence-electron chi connectivity index (χ2n) is 7.77. The first kappa shape index (κ1) is 19.3. The molecule has 2 aromatic rings. The fourth-order valence-electron chi connectivity index (χ4n) is 4.26. The van der Waals surface area contributed by atoms with Gasteiger partial charge in [0.1, 0.15) is 0 Å². The summed E-state index contributed by atoms with van der Waals surface area (Å²) in [4.78, 5) is 0. The van der Waals surface area contributed by atoms with Crippen LogP contribution < -0.4 is 0 Å². The number of hydrogen-bond acceptors (Lipinski definition) is 1. The molecule has 1 nitrogen and oxygen atoms in total. The van der Waals surface area contributed by atoms with Crippen molar-refractivity contribution >= 4 is 0 Å². The van der Waals surface area contributed by atoms with Crippen molar-refractivity contribution in [3.8, 4) is 29.0 Å². The molecule has 138 valence electrons. The van der Waals surface area contributed by atoms with Crippen LogP contribution >= 0.6 is 0 Å². The molecular weight excluding hydrogens is 326 g/mol. The van der Waals surface area contributed by atoms with E-state index in [0.717, 1.165) is 17.4 Å². The van der Waals surface area contributed by atoms with Gasteiger partial charge >= 0.3 is 0 Å². The van der Waals surface area contributed by atoms with Crippen LogP contribution in [0.25, 0.3) is 11.1 Å².